The van der Waals surface area contributed by atoms with Crippen molar-refractivity contribution in [2.45, 2.75) is 89.9 Å². The molecule has 1 aromatic rings. The van der Waals surface area contributed by atoms with E-state index in [2.05, 4.69) is 13.2 Å². The van der Waals surface area contributed by atoms with E-state index in [1.165, 1.54) is 64.2 Å². The van der Waals surface area contributed by atoms with E-state index in [4.69, 9.17) is 9.47 Å². The Hall–Kier alpha value is -1.70. The van der Waals surface area contributed by atoms with Gasteiger partial charge in [0.1, 0.15) is 11.5 Å². The van der Waals surface area contributed by atoms with Crippen LogP contribution in [0.4, 0.5) is 0 Å². The Morgan fingerprint density at radius 2 is 0.964 bits per heavy atom. The maximum Gasteiger partial charge on any atom is 0.122 e. The lowest BCUT2D eigenvalue weighted by molar-refractivity contribution is 0.289. The molecule has 1 aromatic carbocycles. The van der Waals surface area contributed by atoms with Crippen molar-refractivity contribution in [3.8, 4) is 11.5 Å². The van der Waals surface area contributed by atoms with Crippen molar-refractivity contribution in [2.75, 3.05) is 13.2 Å². The molecule has 1 rings (SSSR count). The number of rotatable bonds is 20. The quantitative estimate of drug-likeness (QED) is 0.166. The Kier molecular flexibility index (Phi) is 16.2. The summed E-state index contributed by atoms with van der Waals surface area (Å²) >= 11 is 0. The molecular formula is C26H42O2. The van der Waals surface area contributed by atoms with E-state index in [-0.39, 0.29) is 0 Å². The van der Waals surface area contributed by atoms with Gasteiger partial charge < -0.3 is 9.47 Å². The second-order valence-corrected chi connectivity index (χ2v) is 7.57. The van der Waals surface area contributed by atoms with Crippen molar-refractivity contribution in [2.24, 2.45) is 0 Å². The summed E-state index contributed by atoms with van der Waals surface area (Å²) in [5.74, 6) is 1.84. The van der Waals surface area contributed by atoms with Crippen molar-refractivity contribution in [3.63, 3.8) is 0 Å². The van der Waals surface area contributed by atoms with E-state index < -0.39 is 0 Å². The van der Waals surface area contributed by atoms with Crippen LogP contribution in [0.15, 0.2) is 49.6 Å². The molecule has 0 unspecified atom stereocenters. The highest BCUT2D eigenvalue weighted by Gasteiger charge is 1.99. The van der Waals surface area contributed by atoms with Crippen LogP contribution in [-0.2, 0) is 0 Å². The molecule has 0 aliphatic rings. The van der Waals surface area contributed by atoms with Crippen LogP contribution < -0.4 is 9.47 Å². The Morgan fingerprint density at radius 3 is 1.39 bits per heavy atom. The third kappa shape index (κ3) is 14.4. The zero-order chi connectivity index (χ0) is 20.1. The van der Waals surface area contributed by atoms with Crippen LogP contribution in [0.1, 0.15) is 89.9 Å². The van der Waals surface area contributed by atoms with E-state index in [9.17, 15) is 0 Å². The van der Waals surface area contributed by atoms with Gasteiger partial charge in [0.25, 0.3) is 0 Å². The summed E-state index contributed by atoms with van der Waals surface area (Å²) in [5.41, 5.74) is 0. The van der Waals surface area contributed by atoms with Gasteiger partial charge in [-0.3, -0.25) is 0 Å². The third-order valence-corrected chi connectivity index (χ3v) is 4.95. The van der Waals surface area contributed by atoms with Gasteiger partial charge >= 0.3 is 0 Å². The minimum atomic E-state index is 0.794. The fourth-order valence-electron chi connectivity index (χ4n) is 3.23. The van der Waals surface area contributed by atoms with E-state index in [1.807, 2.05) is 36.4 Å². The number of allylic oxidation sites excluding steroid dienone is 2. The minimum Gasteiger partial charge on any atom is -0.493 e. The molecule has 2 nitrogen and oxygen atoms in total. The van der Waals surface area contributed by atoms with E-state index in [1.54, 1.807) is 0 Å². The smallest absolute Gasteiger partial charge is 0.122 e. The molecule has 0 heterocycles. The Labute approximate surface area is 174 Å². The van der Waals surface area contributed by atoms with Gasteiger partial charge in [-0.25, -0.2) is 0 Å². The van der Waals surface area contributed by atoms with Crippen LogP contribution >= 0.6 is 0 Å². The maximum absolute atomic E-state index is 5.88. The molecule has 0 saturated heterocycles. The lowest BCUT2D eigenvalue weighted by Crippen LogP contribution is -2.00. The second-order valence-electron chi connectivity index (χ2n) is 7.57. The summed E-state index contributed by atoms with van der Waals surface area (Å²) < 4.78 is 11.8. The van der Waals surface area contributed by atoms with Crippen molar-refractivity contribution in [3.05, 3.63) is 49.6 Å². The highest BCUT2D eigenvalue weighted by molar-refractivity contribution is 5.32. The molecule has 28 heavy (non-hydrogen) atoms. The lowest BCUT2D eigenvalue weighted by Gasteiger charge is -2.10. The fraction of sp³-hybridized carbons (Fsp3) is 0.615. The highest BCUT2D eigenvalue weighted by atomic mass is 16.5. The minimum absolute atomic E-state index is 0.794. The second kappa shape index (κ2) is 18.7. The molecule has 0 radical (unpaired) electrons. The van der Waals surface area contributed by atoms with Crippen LogP contribution in [0, 0.1) is 0 Å². The van der Waals surface area contributed by atoms with E-state index in [0.29, 0.717) is 0 Å². The Bertz CT molecular complexity index is 454. The van der Waals surface area contributed by atoms with Crippen LogP contribution in [0.2, 0.25) is 0 Å². The third-order valence-electron chi connectivity index (χ3n) is 4.95. The molecular weight excluding hydrogens is 344 g/mol. The highest BCUT2D eigenvalue weighted by Crippen LogP contribution is 2.20. The number of unbranched alkanes of at least 4 members (excludes halogenated alkanes) is 12. The number of hydrogen-bond donors (Lipinski definition) is 0. The average molecular weight is 387 g/mol. The van der Waals surface area contributed by atoms with Crippen molar-refractivity contribution in [1.29, 1.82) is 0 Å². The summed E-state index contributed by atoms with van der Waals surface area (Å²) in [6.07, 6.45) is 21.5. The first kappa shape index (κ1) is 24.3. The Balaban J connectivity index is 2.01. The van der Waals surface area contributed by atoms with Crippen molar-refractivity contribution >= 4 is 0 Å². The largest absolute Gasteiger partial charge is 0.493 e. The first-order valence-corrected chi connectivity index (χ1v) is 11.4. The molecule has 0 atom stereocenters. The van der Waals surface area contributed by atoms with Crippen LogP contribution in [0.25, 0.3) is 0 Å². The normalized spacial score (nSPS) is 10.6. The number of ether oxygens (including phenoxy) is 2. The summed E-state index contributed by atoms with van der Waals surface area (Å²) in [4.78, 5) is 0. The van der Waals surface area contributed by atoms with E-state index >= 15 is 0 Å². The summed E-state index contributed by atoms with van der Waals surface area (Å²) in [6.45, 7) is 9.12. The zero-order valence-corrected chi connectivity index (χ0v) is 18.0. The SMILES string of the molecule is C=CCCCCCCCCOc1cccc(OCCCCCCCCC=C)c1. The van der Waals surface area contributed by atoms with Gasteiger partial charge in [0, 0.05) is 6.07 Å². The average Bonchev–Trinajstić information content (AvgIpc) is 2.72. The molecule has 0 spiro atoms. The topological polar surface area (TPSA) is 18.5 Å². The van der Waals surface area contributed by atoms with Gasteiger partial charge in [-0.05, 0) is 50.7 Å². The first-order valence-electron chi connectivity index (χ1n) is 11.4. The summed E-state index contributed by atoms with van der Waals surface area (Å²) in [5, 5.41) is 0. The molecule has 0 amide bonds. The molecule has 0 aromatic heterocycles. The molecule has 0 aliphatic carbocycles. The predicted molar refractivity (Wildman–Crippen MR) is 122 cm³/mol. The molecule has 0 fully saturated rings. The van der Waals surface area contributed by atoms with Crippen LogP contribution in [0.3, 0.4) is 0 Å². The molecule has 0 saturated carbocycles. The van der Waals surface area contributed by atoms with Crippen LogP contribution in [0.5, 0.6) is 11.5 Å². The standard InChI is InChI=1S/C26H42O2/c1-3-5-7-9-11-13-15-17-22-27-25-20-19-21-26(24-25)28-23-18-16-14-12-10-8-6-4-2/h3-4,19-21,24H,1-2,5-18,22-23H2. The monoisotopic (exact) mass is 386 g/mol. The Morgan fingerprint density at radius 1 is 0.571 bits per heavy atom. The number of benzene rings is 1. The lowest BCUT2D eigenvalue weighted by atomic mass is 10.1. The van der Waals surface area contributed by atoms with Gasteiger partial charge in [-0.15, -0.1) is 13.2 Å². The molecule has 158 valence electrons. The molecule has 0 N–H and O–H groups in total. The predicted octanol–water partition coefficient (Wildman–Crippen LogP) is 8.28. The first-order chi connectivity index (χ1) is 13.9. The number of hydrogen-bond acceptors (Lipinski definition) is 2. The summed E-state index contributed by atoms with van der Waals surface area (Å²) in [6, 6.07) is 8.07. The summed E-state index contributed by atoms with van der Waals surface area (Å²) in [7, 11) is 0. The molecule has 0 aliphatic heterocycles. The molecule has 2 heteroatoms. The van der Waals surface area contributed by atoms with Gasteiger partial charge in [0.05, 0.1) is 13.2 Å². The fourth-order valence-corrected chi connectivity index (χ4v) is 3.23. The van der Waals surface area contributed by atoms with Gasteiger partial charge in [0.15, 0.2) is 0 Å². The van der Waals surface area contributed by atoms with Gasteiger partial charge in [-0.2, -0.15) is 0 Å². The van der Waals surface area contributed by atoms with E-state index in [0.717, 1.165) is 50.4 Å². The van der Waals surface area contributed by atoms with Crippen molar-refractivity contribution < 1.29 is 9.47 Å². The van der Waals surface area contributed by atoms with Gasteiger partial charge in [0.2, 0.25) is 0 Å². The van der Waals surface area contributed by atoms with Gasteiger partial charge in [-0.1, -0.05) is 69.6 Å². The maximum atomic E-state index is 5.88. The zero-order valence-electron chi connectivity index (χ0n) is 18.0. The molecule has 0 bridgehead atoms. The van der Waals surface area contributed by atoms with Crippen molar-refractivity contribution in [1.82, 2.24) is 0 Å². The van der Waals surface area contributed by atoms with Crippen LogP contribution in [-0.4, -0.2) is 13.2 Å².